The number of aromatic nitrogens is 4. The van der Waals surface area contributed by atoms with E-state index in [9.17, 15) is 32.3 Å². The van der Waals surface area contributed by atoms with Crippen LogP contribution in [0.25, 0.3) is 11.4 Å². The molecule has 17 heteroatoms. The van der Waals surface area contributed by atoms with E-state index in [-0.39, 0.29) is 47.3 Å². The number of anilines is 2. The molecule has 13 nitrogen and oxygen atoms in total. The summed E-state index contributed by atoms with van der Waals surface area (Å²) in [6, 6.07) is 2.64. The summed E-state index contributed by atoms with van der Waals surface area (Å²) >= 11 is 6.10. The molecule has 0 saturated carbocycles. The molecule has 1 fully saturated rings. The highest BCUT2D eigenvalue weighted by atomic mass is 35.5. The van der Waals surface area contributed by atoms with Gasteiger partial charge < -0.3 is 29.7 Å². The zero-order valence-corrected chi connectivity index (χ0v) is 28.2. The summed E-state index contributed by atoms with van der Waals surface area (Å²) in [5.41, 5.74) is 0.171. The highest BCUT2D eigenvalue weighted by Gasteiger charge is 2.32. The predicted octanol–water partition coefficient (Wildman–Crippen LogP) is 3.38. The van der Waals surface area contributed by atoms with Crippen molar-refractivity contribution < 1.29 is 32.3 Å². The Hall–Kier alpha value is -4.44. The summed E-state index contributed by atoms with van der Waals surface area (Å²) < 4.78 is 47.6. The second-order valence-corrected chi connectivity index (χ2v) is 12.6. The molecule has 0 atom stereocenters. The number of ether oxygens (including phenoxy) is 1. The van der Waals surface area contributed by atoms with Gasteiger partial charge >= 0.3 is 6.18 Å². The van der Waals surface area contributed by atoms with Crippen LogP contribution in [0.2, 0.25) is 5.02 Å². The van der Waals surface area contributed by atoms with E-state index in [1.165, 1.54) is 0 Å². The second-order valence-electron chi connectivity index (χ2n) is 12.2. The van der Waals surface area contributed by atoms with Crippen molar-refractivity contribution in [2.45, 2.75) is 52.8 Å². The summed E-state index contributed by atoms with van der Waals surface area (Å²) in [7, 11) is 0. The van der Waals surface area contributed by atoms with Crippen molar-refractivity contribution in [1.82, 2.24) is 29.4 Å². The van der Waals surface area contributed by atoms with E-state index >= 15 is 0 Å². The summed E-state index contributed by atoms with van der Waals surface area (Å²) in [5, 5.41) is 9.48. The molecule has 0 spiro atoms. The van der Waals surface area contributed by atoms with Crippen LogP contribution >= 0.6 is 11.6 Å². The molecular formula is C32H38ClF3N8O5. The average molecular weight is 707 g/mol. The van der Waals surface area contributed by atoms with Gasteiger partial charge in [0.25, 0.3) is 5.56 Å². The first kappa shape index (κ1) is 35.9. The third kappa shape index (κ3) is 8.24. The maximum atomic E-state index is 14.1. The van der Waals surface area contributed by atoms with Crippen LogP contribution < -0.4 is 21.1 Å². The van der Waals surface area contributed by atoms with E-state index in [1.807, 2.05) is 31.7 Å². The first-order valence-electron chi connectivity index (χ1n) is 16.0. The number of halogens is 4. The molecule has 0 radical (unpaired) electrons. The van der Waals surface area contributed by atoms with Crippen molar-refractivity contribution in [3.8, 4) is 0 Å². The van der Waals surface area contributed by atoms with Gasteiger partial charge in [-0.05, 0) is 42.5 Å². The number of carbonyl (C=O) groups excluding carboxylic acids is 3. The van der Waals surface area contributed by atoms with Gasteiger partial charge in [0.1, 0.15) is 12.2 Å². The maximum Gasteiger partial charge on any atom is 0.416 e. The number of hydrogen-bond acceptors (Lipinski definition) is 8. The smallest absolute Gasteiger partial charge is 0.377 e. The molecule has 4 heterocycles. The van der Waals surface area contributed by atoms with Gasteiger partial charge in [0.05, 0.1) is 41.7 Å². The molecule has 3 aromatic rings. The Labute approximate surface area is 285 Å². The van der Waals surface area contributed by atoms with Crippen LogP contribution in [0.5, 0.6) is 0 Å². The van der Waals surface area contributed by atoms with Crippen LogP contribution in [0.1, 0.15) is 50.7 Å². The number of hydrogen-bond donors (Lipinski definition) is 2. The van der Waals surface area contributed by atoms with Crippen molar-refractivity contribution in [2.24, 2.45) is 5.92 Å². The van der Waals surface area contributed by atoms with Gasteiger partial charge in [-0.2, -0.15) is 22.7 Å². The first-order valence-corrected chi connectivity index (χ1v) is 16.4. The predicted molar refractivity (Wildman–Crippen MR) is 176 cm³/mol. The number of carbonyl (C=O) groups is 3. The lowest BCUT2D eigenvalue weighted by molar-refractivity contribution is -0.137. The largest absolute Gasteiger partial charge is 0.416 e. The molecule has 2 N–H and O–H groups in total. The summed E-state index contributed by atoms with van der Waals surface area (Å²) in [4.78, 5) is 60.5. The minimum atomic E-state index is -4.60. The third-order valence-corrected chi connectivity index (χ3v) is 8.57. The number of fused-ring (bicyclic) bond motifs is 1. The van der Waals surface area contributed by atoms with Crippen molar-refractivity contribution in [1.29, 1.82) is 0 Å². The monoisotopic (exact) mass is 706 g/mol. The van der Waals surface area contributed by atoms with Gasteiger partial charge in [-0.1, -0.05) is 38.4 Å². The number of amides is 3. The molecule has 0 aliphatic carbocycles. The Morgan fingerprint density at radius 2 is 1.84 bits per heavy atom. The van der Waals surface area contributed by atoms with Crippen LogP contribution in [0.3, 0.4) is 0 Å². The molecule has 3 amide bonds. The number of benzene rings is 1. The molecule has 2 aliphatic rings. The molecule has 2 aliphatic heterocycles. The molecule has 264 valence electrons. The van der Waals surface area contributed by atoms with Crippen LogP contribution in [-0.2, 0) is 38.3 Å². The molecule has 49 heavy (non-hydrogen) atoms. The lowest BCUT2D eigenvalue weighted by Crippen LogP contribution is -2.52. The van der Waals surface area contributed by atoms with E-state index in [4.69, 9.17) is 16.3 Å². The van der Waals surface area contributed by atoms with Gasteiger partial charge in [-0.3, -0.25) is 19.2 Å². The van der Waals surface area contributed by atoms with Crippen molar-refractivity contribution in [3.05, 3.63) is 56.7 Å². The fraction of sp³-hybridized carbons (Fsp3) is 0.500. The standard InChI is InChI=1S/C32H38ClF3N8O5/c1-4-24-28(42-11-9-41(10-12-42)27(47)17-37-25(45)15-19(2)3)30(48)44-31(39-29(40-44)20-7-13-49-14-8-20)43(24)18-26(46)38-23-6-5-21(16-22(23)33)32(34,35)36/h5-7,16,19H,4,8-15,17-18H2,1-3H3,(H,37,45)(H,38,46). The van der Waals surface area contributed by atoms with Crippen LogP contribution in [0.4, 0.5) is 24.5 Å². The minimum Gasteiger partial charge on any atom is -0.377 e. The van der Waals surface area contributed by atoms with Crippen LogP contribution in [0, 0.1) is 5.92 Å². The molecule has 1 saturated heterocycles. The normalized spacial score (nSPS) is 15.5. The lowest BCUT2D eigenvalue weighted by atomic mass is 10.1. The number of nitrogens with zero attached hydrogens (tertiary/aromatic N) is 6. The molecule has 2 aromatic heterocycles. The quantitative estimate of drug-likeness (QED) is 0.327. The second kappa shape index (κ2) is 15.0. The Bertz CT molecular complexity index is 1830. The number of rotatable bonds is 10. The van der Waals surface area contributed by atoms with E-state index in [0.29, 0.717) is 75.9 Å². The number of piperazine rings is 1. The summed E-state index contributed by atoms with van der Waals surface area (Å²) in [5.74, 6) is -0.447. The topological polar surface area (TPSA) is 143 Å². The maximum absolute atomic E-state index is 14.1. The first-order chi connectivity index (χ1) is 23.3. The molecule has 0 bridgehead atoms. The van der Waals surface area contributed by atoms with Gasteiger partial charge in [-0.15, -0.1) is 5.10 Å². The molecule has 5 rings (SSSR count). The lowest BCUT2D eigenvalue weighted by Gasteiger charge is -2.36. The average Bonchev–Trinajstić information content (AvgIpc) is 3.52. The summed E-state index contributed by atoms with van der Waals surface area (Å²) in [6.45, 7) is 7.20. The number of nitrogens with one attached hydrogen (secondary N) is 2. The number of alkyl halides is 3. The SMILES string of the molecule is CCc1c(N2CCN(C(=O)CNC(=O)CC(C)C)CC2)c(=O)n2nc(C3=CCOCC3)nc2n1CC(=O)Nc1ccc(C(F)(F)F)cc1Cl. The summed E-state index contributed by atoms with van der Waals surface area (Å²) in [6.07, 6.45) is -1.61. The Morgan fingerprint density at radius 1 is 1.10 bits per heavy atom. The third-order valence-electron chi connectivity index (χ3n) is 8.26. The van der Waals surface area contributed by atoms with Gasteiger partial charge in [0, 0.05) is 32.6 Å². The highest BCUT2D eigenvalue weighted by molar-refractivity contribution is 6.33. The zero-order chi connectivity index (χ0) is 35.5. The van der Waals surface area contributed by atoms with Crippen molar-refractivity contribution in [3.63, 3.8) is 0 Å². The Morgan fingerprint density at radius 3 is 2.45 bits per heavy atom. The van der Waals surface area contributed by atoms with Gasteiger partial charge in [-0.25, -0.2) is 0 Å². The van der Waals surface area contributed by atoms with Gasteiger partial charge in [0.2, 0.25) is 23.5 Å². The van der Waals surface area contributed by atoms with E-state index in [2.05, 4.69) is 20.7 Å². The van der Waals surface area contributed by atoms with E-state index in [1.54, 1.807) is 9.47 Å². The van der Waals surface area contributed by atoms with Crippen molar-refractivity contribution >= 4 is 52.0 Å². The molecule has 0 unspecified atom stereocenters. The Balaban J connectivity index is 1.44. The fourth-order valence-corrected chi connectivity index (χ4v) is 6.06. The molecule has 1 aromatic carbocycles. The van der Waals surface area contributed by atoms with Gasteiger partial charge in [0.15, 0.2) is 5.82 Å². The van der Waals surface area contributed by atoms with Crippen molar-refractivity contribution in [2.75, 3.05) is 56.2 Å². The Kier molecular flexibility index (Phi) is 11.0. The zero-order valence-electron chi connectivity index (χ0n) is 27.4. The van der Waals surface area contributed by atoms with E-state index in [0.717, 1.165) is 28.3 Å². The highest BCUT2D eigenvalue weighted by Crippen LogP contribution is 2.34. The molecular weight excluding hydrogens is 669 g/mol. The van der Waals surface area contributed by atoms with E-state index < -0.39 is 23.2 Å². The van der Waals surface area contributed by atoms with Crippen LogP contribution in [-0.4, -0.2) is 87.7 Å². The fourth-order valence-electron chi connectivity index (χ4n) is 5.83. The van der Waals surface area contributed by atoms with Crippen LogP contribution in [0.15, 0.2) is 29.1 Å². The minimum absolute atomic E-state index is 0.00861.